The second-order valence-corrected chi connectivity index (χ2v) is 4.94. The van der Waals surface area contributed by atoms with Crippen molar-refractivity contribution < 1.29 is 9.84 Å². The minimum atomic E-state index is 0.0108. The van der Waals surface area contributed by atoms with Crippen LogP contribution < -0.4 is 10.1 Å². The molecule has 1 aromatic heterocycles. The Morgan fingerprint density at radius 1 is 1.42 bits per heavy atom. The third-order valence-corrected chi connectivity index (χ3v) is 3.38. The Hall–Kier alpha value is -1.94. The first kappa shape index (κ1) is 12.1. The van der Waals surface area contributed by atoms with Gasteiger partial charge in [-0.25, -0.2) is 4.98 Å². The van der Waals surface area contributed by atoms with Gasteiger partial charge in [-0.05, 0) is 30.7 Å². The Morgan fingerprint density at radius 2 is 2.26 bits per heavy atom. The summed E-state index contributed by atoms with van der Waals surface area (Å²) in [6.45, 7) is 2.47. The smallest absolute Gasteiger partial charge is 0.152 e. The van der Waals surface area contributed by atoms with E-state index in [-0.39, 0.29) is 11.8 Å². The Kier molecular flexibility index (Phi) is 2.95. The zero-order valence-electron chi connectivity index (χ0n) is 10.4. The molecule has 1 aliphatic rings. The van der Waals surface area contributed by atoms with E-state index < -0.39 is 0 Å². The summed E-state index contributed by atoms with van der Waals surface area (Å²) in [5.41, 5.74) is 2.84. The van der Waals surface area contributed by atoms with Gasteiger partial charge in [0, 0.05) is 17.8 Å². The molecular formula is C14H13ClN2O2. The first-order valence-corrected chi connectivity index (χ1v) is 6.35. The molecule has 0 bridgehead atoms. The fourth-order valence-corrected chi connectivity index (χ4v) is 2.32. The Labute approximate surface area is 116 Å². The Balaban J connectivity index is 1.88. The molecule has 1 unspecified atom stereocenters. The lowest BCUT2D eigenvalue weighted by Crippen LogP contribution is -2.12. The molecule has 1 atom stereocenters. The number of nitrogens with zero attached hydrogens (tertiary/aromatic N) is 1. The molecule has 1 aromatic carbocycles. The number of ether oxygens (including phenoxy) is 1. The second kappa shape index (κ2) is 4.63. The molecule has 0 saturated carbocycles. The molecule has 19 heavy (non-hydrogen) atoms. The van der Waals surface area contributed by atoms with Crippen molar-refractivity contribution >= 4 is 17.3 Å². The number of hydrogen-bond acceptors (Lipinski definition) is 4. The average Bonchev–Trinajstić information content (AvgIpc) is 2.76. The van der Waals surface area contributed by atoms with Gasteiger partial charge in [-0.1, -0.05) is 11.6 Å². The molecular weight excluding hydrogens is 264 g/mol. The highest BCUT2D eigenvalue weighted by atomic mass is 35.5. The van der Waals surface area contributed by atoms with Crippen LogP contribution in [0.5, 0.6) is 11.5 Å². The molecule has 3 rings (SSSR count). The normalized spacial score (nSPS) is 16.8. The number of rotatable bonds is 2. The van der Waals surface area contributed by atoms with Crippen LogP contribution >= 0.6 is 11.6 Å². The quantitative estimate of drug-likeness (QED) is 0.827. The van der Waals surface area contributed by atoms with E-state index >= 15 is 0 Å². The maximum absolute atomic E-state index is 9.42. The molecule has 2 aromatic rings. The highest BCUT2D eigenvalue weighted by molar-refractivity contribution is 6.32. The fourth-order valence-electron chi connectivity index (χ4n) is 2.16. The van der Waals surface area contributed by atoms with Gasteiger partial charge in [-0.3, -0.25) is 0 Å². The van der Waals surface area contributed by atoms with Crippen LogP contribution in [0.15, 0.2) is 30.5 Å². The fraction of sp³-hybridized carbons (Fsp3) is 0.214. The van der Waals surface area contributed by atoms with Crippen molar-refractivity contribution in [2.45, 2.75) is 13.0 Å². The zero-order chi connectivity index (χ0) is 13.4. The summed E-state index contributed by atoms with van der Waals surface area (Å²) in [5.74, 6) is 0.906. The maximum atomic E-state index is 9.42. The topological polar surface area (TPSA) is 54.4 Å². The highest BCUT2D eigenvalue weighted by Gasteiger charge is 2.25. The van der Waals surface area contributed by atoms with Crippen LogP contribution in [0.25, 0.3) is 0 Å². The van der Waals surface area contributed by atoms with Gasteiger partial charge in [0.25, 0.3) is 0 Å². The second-order valence-electron chi connectivity index (χ2n) is 4.58. The minimum Gasteiger partial charge on any atom is -0.508 e. The predicted molar refractivity (Wildman–Crippen MR) is 73.9 cm³/mol. The van der Waals surface area contributed by atoms with Gasteiger partial charge < -0.3 is 15.2 Å². The van der Waals surface area contributed by atoms with Crippen molar-refractivity contribution in [3.05, 3.63) is 46.7 Å². The van der Waals surface area contributed by atoms with Crippen LogP contribution in [0.1, 0.15) is 17.2 Å². The summed E-state index contributed by atoms with van der Waals surface area (Å²) in [6, 6.07) is 7.09. The van der Waals surface area contributed by atoms with Gasteiger partial charge in [0.05, 0.1) is 11.7 Å². The number of halogens is 1. The number of pyridine rings is 1. The monoisotopic (exact) mass is 276 g/mol. The first-order valence-electron chi connectivity index (χ1n) is 5.98. The van der Waals surface area contributed by atoms with Gasteiger partial charge in [0.1, 0.15) is 18.1 Å². The number of aromatic nitrogens is 1. The van der Waals surface area contributed by atoms with Crippen LogP contribution in [-0.4, -0.2) is 16.7 Å². The summed E-state index contributed by atoms with van der Waals surface area (Å²) in [5, 5.41) is 13.2. The van der Waals surface area contributed by atoms with E-state index in [4.69, 9.17) is 16.3 Å². The molecule has 0 amide bonds. The zero-order valence-corrected chi connectivity index (χ0v) is 11.1. The molecule has 4 nitrogen and oxygen atoms in total. The summed E-state index contributed by atoms with van der Waals surface area (Å²) < 4.78 is 5.55. The molecule has 1 aliphatic heterocycles. The van der Waals surface area contributed by atoms with Crippen molar-refractivity contribution in [3.63, 3.8) is 0 Å². The molecule has 0 aliphatic carbocycles. The molecule has 0 saturated heterocycles. The third kappa shape index (κ3) is 2.31. The summed E-state index contributed by atoms with van der Waals surface area (Å²) in [4.78, 5) is 4.11. The maximum Gasteiger partial charge on any atom is 0.152 e. The number of anilines is 1. The van der Waals surface area contributed by atoms with E-state index in [1.807, 2.05) is 19.1 Å². The van der Waals surface area contributed by atoms with Crippen LogP contribution in [-0.2, 0) is 0 Å². The molecule has 5 heteroatoms. The standard InChI is InChI=1S/C14H13ClN2O2/c1-8-4-11(14(15)16-6-8)17-12-7-19-13-5-9(18)2-3-10(12)13/h2-6,12,17-18H,7H2,1H3. The number of nitrogens with one attached hydrogen (secondary N) is 1. The van der Waals surface area contributed by atoms with Crippen molar-refractivity contribution in [3.8, 4) is 11.5 Å². The van der Waals surface area contributed by atoms with E-state index in [2.05, 4.69) is 10.3 Å². The van der Waals surface area contributed by atoms with Crippen LogP contribution in [0.2, 0.25) is 5.15 Å². The van der Waals surface area contributed by atoms with Crippen molar-refractivity contribution in [2.75, 3.05) is 11.9 Å². The van der Waals surface area contributed by atoms with E-state index in [1.165, 1.54) is 0 Å². The predicted octanol–water partition coefficient (Wildman–Crippen LogP) is 3.29. The SMILES string of the molecule is Cc1cnc(Cl)c(NC2COc3cc(O)ccc32)c1. The van der Waals surface area contributed by atoms with Gasteiger partial charge in [-0.2, -0.15) is 0 Å². The number of phenolic OH excluding ortho intramolecular Hbond substituents is 1. The largest absolute Gasteiger partial charge is 0.508 e. The van der Waals surface area contributed by atoms with Crippen LogP contribution in [0, 0.1) is 6.92 Å². The lowest BCUT2D eigenvalue weighted by molar-refractivity contribution is 0.338. The summed E-state index contributed by atoms with van der Waals surface area (Å²) >= 11 is 6.07. The molecule has 98 valence electrons. The van der Waals surface area contributed by atoms with Gasteiger partial charge >= 0.3 is 0 Å². The van der Waals surface area contributed by atoms with Crippen LogP contribution in [0.4, 0.5) is 5.69 Å². The Morgan fingerprint density at radius 3 is 3.11 bits per heavy atom. The van der Waals surface area contributed by atoms with E-state index in [1.54, 1.807) is 18.3 Å². The average molecular weight is 277 g/mol. The van der Waals surface area contributed by atoms with Crippen molar-refractivity contribution in [2.24, 2.45) is 0 Å². The first-order chi connectivity index (χ1) is 9.13. The van der Waals surface area contributed by atoms with Gasteiger partial charge in [0.15, 0.2) is 5.15 Å². The van der Waals surface area contributed by atoms with E-state index in [9.17, 15) is 5.11 Å². The lowest BCUT2D eigenvalue weighted by Gasteiger charge is -2.14. The molecule has 2 heterocycles. The minimum absolute atomic E-state index is 0.0108. The number of benzene rings is 1. The molecule has 0 fully saturated rings. The molecule has 0 spiro atoms. The Bertz CT molecular complexity index is 631. The number of aryl methyl sites for hydroxylation is 1. The van der Waals surface area contributed by atoms with Crippen LogP contribution in [0.3, 0.4) is 0 Å². The lowest BCUT2D eigenvalue weighted by atomic mass is 10.1. The van der Waals surface area contributed by atoms with E-state index in [0.717, 1.165) is 16.8 Å². The van der Waals surface area contributed by atoms with Gasteiger partial charge in [-0.15, -0.1) is 0 Å². The summed E-state index contributed by atoms with van der Waals surface area (Å²) in [6.07, 6.45) is 1.73. The number of hydrogen-bond donors (Lipinski definition) is 2. The van der Waals surface area contributed by atoms with Crippen molar-refractivity contribution in [1.29, 1.82) is 0 Å². The number of fused-ring (bicyclic) bond motifs is 1. The number of aromatic hydroxyl groups is 1. The summed E-state index contributed by atoms with van der Waals surface area (Å²) in [7, 11) is 0. The molecule has 2 N–H and O–H groups in total. The van der Waals surface area contributed by atoms with Crippen molar-refractivity contribution in [1.82, 2.24) is 4.98 Å². The number of phenols is 1. The highest BCUT2D eigenvalue weighted by Crippen LogP contribution is 2.37. The van der Waals surface area contributed by atoms with Gasteiger partial charge in [0.2, 0.25) is 0 Å². The molecule has 0 radical (unpaired) electrons. The third-order valence-electron chi connectivity index (χ3n) is 3.08. The van der Waals surface area contributed by atoms with E-state index in [0.29, 0.717) is 17.5 Å².